The van der Waals surface area contributed by atoms with Crippen molar-refractivity contribution in [2.24, 2.45) is 0 Å². The number of carbonyl (C=O) groups is 3. The van der Waals surface area contributed by atoms with Gasteiger partial charge in [-0.25, -0.2) is 18.1 Å². The standard InChI is InChI=1S/C25H26N4O5S/c1-17-3-12-23(27-15-17)29-24(31)13-14-26-25(32)21-6-4-19(5-7-21)16-28-35(33,34)22-10-8-20(9-11-22)18(2)30/h3-12,15,28H,13-14,16H2,1-2H3,(H,26,32)(H,27,29,31). The minimum Gasteiger partial charge on any atom is -0.352 e. The molecule has 2 amide bonds. The summed E-state index contributed by atoms with van der Waals surface area (Å²) in [6.45, 7) is 3.50. The molecule has 35 heavy (non-hydrogen) atoms. The van der Waals surface area contributed by atoms with E-state index in [0.29, 0.717) is 22.5 Å². The van der Waals surface area contributed by atoms with Crippen LogP contribution in [-0.2, 0) is 21.4 Å². The zero-order valence-corrected chi connectivity index (χ0v) is 20.2. The quantitative estimate of drug-likeness (QED) is 0.371. The molecule has 182 valence electrons. The molecule has 3 N–H and O–H groups in total. The van der Waals surface area contributed by atoms with Gasteiger partial charge in [-0.15, -0.1) is 0 Å². The summed E-state index contributed by atoms with van der Waals surface area (Å²) in [5, 5.41) is 5.34. The lowest BCUT2D eigenvalue weighted by atomic mass is 10.1. The maximum atomic E-state index is 12.5. The molecule has 2 aromatic carbocycles. The van der Waals surface area contributed by atoms with Crippen LogP contribution in [0, 0.1) is 6.92 Å². The van der Waals surface area contributed by atoms with E-state index in [1.54, 1.807) is 36.5 Å². The molecule has 0 radical (unpaired) electrons. The summed E-state index contributed by atoms with van der Waals surface area (Å²) < 4.78 is 27.4. The molecule has 0 saturated heterocycles. The van der Waals surface area contributed by atoms with Crippen molar-refractivity contribution in [3.8, 4) is 0 Å². The van der Waals surface area contributed by atoms with Crippen LogP contribution in [0.2, 0.25) is 0 Å². The highest BCUT2D eigenvalue weighted by atomic mass is 32.2. The fourth-order valence-corrected chi connectivity index (χ4v) is 4.06. The van der Waals surface area contributed by atoms with Crippen molar-refractivity contribution in [3.63, 3.8) is 0 Å². The van der Waals surface area contributed by atoms with E-state index in [-0.39, 0.29) is 42.0 Å². The molecule has 0 bridgehead atoms. The summed E-state index contributed by atoms with van der Waals surface area (Å²) in [5.41, 5.74) is 2.47. The van der Waals surface area contributed by atoms with E-state index in [1.165, 1.54) is 31.2 Å². The Bertz CT molecular complexity index is 1300. The number of aromatic nitrogens is 1. The van der Waals surface area contributed by atoms with E-state index in [4.69, 9.17) is 0 Å². The number of ketones is 1. The highest BCUT2D eigenvalue weighted by molar-refractivity contribution is 7.89. The summed E-state index contributed by atoms with van der Waals surface area (Å²) in [7, 11) is -3.76. The summed E-state index contributed by atoms with van der Waals surface area (Å²) >= 11 is 0. The average Bonchev–Trinajstić information content (AvgIpc) is 2.84. The number of hydrogen-bond acceptors (Lipinski definition) is 6. The number of hydrogen-bond donors (Lipinski definition) is 3. The molecule has 0 atom stereocenters. The predicted octanol–water partition coefficient (Wildman–Crippen LogP) is 2.83. The number of anilines is 1. The third-order valence-electron chi connectivity index (χ3n) is 5.07. The molecule has 1 heterocycles. The van der Waals surface area contributed by atoms with Gasteiger partial charge >= 0.3 is 0 Å². The summed E-state index contributed by atoms with van der Waals surface area (Å²) in [4.78, 5) is 39.8. The molecule has 3 aromatic rings. The van der Waals surface area contributed by atoms with E-state index >= 15 is 0 Å². The van der Waals surface area contributed by atoms with Crippen LogP contribution >= 0.6 is 0 Å². The first-order valence-electron chi connectivity index (χ1n) is 10.8. The fourth-order valence-electron chi connectivity index (χ4n) is 3.04. The van der Waals surface area contributed by atoms with Gasteiger partial charge < -0.3 is 10.6 Å². The van der Waals surface area contributed by atoms with Crippen molar-refractivity contribution in [1.29, 1.82) is 0 Å². The topological polar surface area (TPSA) is 134 Å². The number of sulfonamides is 1. The largest absolute Gasteiger partial charge is 0.352 e. The Hall–Kier alpha value is -3.89. The number of benzene rings is 2. The van der Waals surface area contributed by atoms with Crippen LogP contribution in [0.25, 0.3) is 0 Å². The minimum absolute atomic E-state index is 0.0336. The van der Waals surface area contributed by atoms with Gasteiger partial charge in [0.15, 0.2) is 5.78 Å². The first-order chi connectivity index (χ1) is 16.6. The number of nitrogens with zero attached hydrogens (tertiary/aromatic N) is 1. The summed E-state index contributed by atoms with van der Waals surface area (Å²) in [6.07, 6.45) is 1.74. The molecule has 0 aliphatic heterocycles. The van der Waals surface area contributed by atoms with Gasteiger partial charge in [0.2, 0.25) is 15.9 Å². The monoisotopic (exact) mass is 494 g/mol. The summed E-state index contributed by atoms with van der Waals surface area (Å²) in [6, 6.07) is 15.7. The molecule has 0 fully saturated rings. The lowest BCUT2D eigenvalue weighted by Crippen LogP contribution is -2.28. The van der Waals surface area contributed by atoms with Gasteiger partial charge in [0.05, 0.1) is 4.90 Å². The van der Waals surface area contributed by atoms with E-state index in [0.717, 1.165) is 5.56 Å². The predicted molar refractivity (Wildman–Crippen MR) is 131 cm³/mol. The SMILES string of the molecule is CC(=O)c1ccc(S(=O)(=O)NCc2ccc(C(=O)NCCC(=O)Nc3ccc(C)cn3)cc2)cc1. The number of Topliss-reactive ketones (excluding diaryl/α,β-unsaturated/α-hetero) is 1. The first-order valence-corrected chi connectivity index (χ1v) is 12.3. The van der Waals surface area contributed by atoms with Crippen LogP contribution in [0.5, 0.6) is 0 Å². The van der Waals surface area contributed by atoms with Gasteiger partial charge in [0.1, 0.15) is 5.82 Å². The zero-order chi connectivity index (χ0) is 25.4. The second-order valence-electron chi connectivity index (χ2n) is 7.88. The van der Waals surface area contributed by atoms with Crippen molar-refractivity contribution < 1.29 is 22.8 Å². The second kappa shape index (κ2) is 11.5. The van der Waals surface area contributed by atoms with Crippen molar-refractivity contribution >= 4 is 33.4 Å². The number of amides is 2. The van der Waals surface area contributed by atoms with Crippen molar-refractivity contribution in [3.05, 3.63) is 89.1 Å². The Morgan fingerprint density at radius 2 is 1.54 bits per heavy atom. The van der Waals surface area contributed by atoms with Crippen LogP contribution in [0.3, 0.4) is 0 Å². The second-order valence-corrected chi connectivity index (χ2v) is 9.64. The van der Waals surface area contributed by atoms with Crippen molar-refractivity contribution in [2.45, 2.75) is 31.7 Å². The minimum atomic E-state index is -3.76. The van der Waals surface area contributed by atoms with E-state index in [2.05, 4.69) is 20.3 Å². The molecule has 0 aliphatic rings. The smallest absolute Gasteiger partial charge is 0.251 e. The van der Waals surface area contributed by atoms with Gasteiger partial charge in [0.25, 0.3) is 5.91 Å². The Balaban J connectivity index is 1.46. The Labute approximate surface area is 204 Å². The molecule has 0 spiro atoms. The molecule has 3 rings (SSSR count). The Morgan fingerprint density at radius 3 is 2.14 bits per heavy atom. The molecule has 0 saturated carbocycles. The van der Waals surface area contributed by atoms with Crippen LogP contribution in [0.15, 0.2) is 71.8 Å². The molecule has 10 heteroatoms. The third-order valence-corrected chi connectivity index (χ3v) is 6.49. The normalized spacial score (nSPS) is 11.0. The summed E-state index contributed by atoms with van der Waals surface area (Å²) in [5.74, 6) is -0.302. The Morgan fingerprint density at radius 1 is 0.886 bits per heavy atom. The molecular weight excluding hydrogens is 468 g/mol. The fraction of sp³-hybridized carbons (Fsp3) is 0.200. The highest BCUT2D eigenvalue weighted by Gasteiger charge is 2.14. The van der Waals surface area contributed by atoms with Crippen LogP contribution in [-0.4, -0.2) is 37.5 Å². The third kappa shape index (κ3) is 7.56. The highest BCUT2D eigenvalue weighted by Crippen LogP contribution is 2.12. The van der Waals surface area contributed by atoms with Crippen molar-refractivity contribution in [2.75, 3.05) is 11.9 Å². The van der Waals surface area contributed by atoms with E-state index < -0.39 is 10.0 Å². The van der Waals surface area contributed by atoms with Gasteiger partial charge in [-0.3, -0.25) is 14.4 Å². The maximum absolute atomic E-state index is 12.5. The molecule has 1 aromatic heterocycles. The lowest BCUT2D eigenvalue weighted by molar-refractivity contribution is -0.116. The number of rotatable bonds is 10. The number of aryl methyl sites for hydroxylation is 1. The molecule has 9 nitrogen and oxygen atoms in total. The molecular formula is C25H26N4O5S. The first kappa shape index (κ1) is 25.7. The molecule has 0 unspecified atom stereocenters. The maximum Gasteiger partial charge on any atom is 0.251 e. The van der Waals surface area contributed by atoms with Crippen LogP contribution in [0.1, 0.15) is 45.2 Å². The van der Waals surface area contributed by atoms with Gasteiger partial charge in [-0.05, 0) is 55.3 Å². The van der Waals surface area contributed by atoms with Gasteiger partial charge in [-0.2, -0.15) is 0 Å². The number of carbonyl (C=O) groups excluding carboxylic acids is 3. The average molecular weight is 495 g/mol. The number of nitrogens with one attached hydrogen (secondary N) is 3. The number of pyridine rings is 1. The lowest BCUT2D eigenvalue weighted by Gasteiger charge is -2.09. The van der Waals surface area contributed by atoms with Crippen LogP contribution < -0.4 is 15.4 Å². The molecule has 0 aliphatic carbocycles. The van der Waals surface area contributed by atoms with Crippen LogP contribution in [0.4, 0.5) is 5.82 Å². The van der Waals surface area contributed by atoms with Gasteiger partial charge in [0, 0.05) is 36.8 Å². The zero-order valence-electron chi connectivity index (χ0n) is 19.4. The van der Waals surface area contributed by atoms with Gasteiger partial charge in [-0.1, -0.05) is 30.3 Å². The van der Waals surface area contributed by atoms with Crippen molar-refractivity contribution in [1.82, 2.24) is 15.0 Å². The Kier molecular flexibility index (Phi) is 8.45. The van der Waals surface area contributed by atoms with E-state index in [1.807, 2.05) is 13.0 Å². The van der Waals surface area contributed by atoms with E-state index in [9.17, 15) is 22.8 Å².